The Labute approximate surface area is 186 Å². The maximum atomic E-state index is 12.8. The summed E-state index contributed by atoms with van der Waals surface area (Å²) in [6, 6.07) is -0.724. The number of unbranched alkanes of at least 4 members (excludes halogenated alkanes) is 1. The van der Waals surface area contributed by atoms with Gasteiger partial charge in [0.2, 0.25) is 11.8 Å². The van der Waals surface area contributed by atoms with Crippen LogP contribution in [-0.2, 0) is 14.3 Å². The minimum Gasteiger partial charge on any atom is -0.492 e. The van der Waals surface area contributed by atoms with Gasteiger partial charge in [0.1, 0.15) is 18.4 Å². The molecule has 0 aliphatic carbocycles. The maximum absolute atomic E-state index is 12.8. The second-order valence-electron chi connectivity index (χ2n) is 7.74. The molecule has 30 heavy (non-hydrogen) atoms. The summed E-state index contributed by atoms with van der Waals surface area (Å²) in [6.45, 7) is 15.9. The van der Waals surface area contributed by atoms with Crippen molar-refractivity contribution in [2.45, 2.75) is 65.0 Å². The van der Waals surface area contributed by atoms with Gasteiger partial charge < -0.3 is 15.4 Å². The molecule has 0 bridgehead atoms. The molecular formula is C23H39N3O3S. The summed E-state index contributed by atoms with van der Waals surface area (Å²) in [6.07, 6.45) is 8.40. The molecule has 1 heterocycles. The summed E-state index contributed by atoms with van der Waals surface area (Å²) in [5.41, 5.74) is 0. The van der Waals surface area contributed by atoms with E-state index in [4.69, 9.17) is 4.74 Å². The molecule has 0 radical (unpaired) electrons. The average Bonchev–Trinajstić information content (AvgIpc) is 3.23. The highest BCUT2D eigenvalue weighted by molar-refractivity contribution is 8.03. The lowest BCUT2D eigenvalue weighted by molar-refractivity contribution is -0.130. The van der Waals surface area contributed by atoms with Gasteiger partial charge in [-0.1, -0.05) is 25.7 Å². The van der Waals surface area contributed by atoms with Crippen LogP contribution in [0.3, 0.4) is 0 Å². The minimum absolute atomic E-state index is 0.0832. The number of nitrogens with zero attached hydrogens (tertiary/aromatic N) is 1. The van der Waals surface area contributed by atoms with Crippen LogP contribution < -0.4 is 10.6 Å². The van der Waals surface area contributed by atoms with Crippen molar-refractivity contribution in [1.29, 1.82) is 0 Å². The predicted octanol–water partition coefficient (Wildman–Crippen LogP) is 3.62. The summed E-state index contributed by atoms with van der Waals surface area (Å²) < 4.78 is 5.42. The minimum atomic E-state index is -0.530. The van der Waals surface area contributed by atoms with Crippen LogP contribution in [0.25, 0.3) is 0 Å². The SMILES string of the molecule is C=CC(=C)OCC(C)NC(=O)C(CCCCSC(C)=CC)NC(=O)CN1CCCC1. The van der Waals surface area contributed by atoms with Crippen molar-refractivity contribution in [1.82, 2.24) is 15.5 Å². The topological polar surface area (TPSA) is 70.7 Å². The summed E-state index contributed by atoms with van der Waals surface area (Å²) in [7, 11) is 0. The second kappa shape index (κ2) is 15.1. The number of rotatable bonds is 15. The standard InChI is InChI=1S/C23H39N3O3S/c1-6-19(4)29-17-18(3)24-23(28)21(12-8-11-15-30-20(5)7-2)25-22(27)16-26-13-9-10-14-26/h6-7,18,21H,1,4,8-17H2,2-3,5H3,(H,24,28)(H,25,27). The smallest absolute Gasteiger partial charge is 0.242 e. The van der Waals surface area contributed by atoms with Crippen molar-refractivity contribution < 1.29 is 14.3 Å². The third-order valence-electron chi connectivity index (χ3n) is 4.98. The van der Waals surface area contributed by atoms with Crippen LogP contribution in [0.2, 0.25) is 0 Å². The molecule has 1 rings (SSSR count). The number of ether oxygens (including phenoxy) is 1. The fourth-order valence-electron chi connectivity index (χ4n) is 3.10. The predicted molar refractivity (Wildman–Crippen MR) is 126 cm³/mol. The highest BCUT2D eigenvalue weighted by Crippen LogP contribution is 2.17. The van der Waals surface area contributed by atoms with Crippen LogP contribution in [0.1, 0.15) is 52.9 Å². The van der Waals surface area contributed by atoms with E-state index < -0.39 is 6.04 Å². The Kier molecular flexibility index (Phi) is 13.3. The van der Waals surface area contributed by atoms with Crippen molar-refractivity contribution in [3.8, 4) is 0 Å². The zero-order valence-electron chi connectivity index (χ0n) is 18.9. The normalized spacial score (nSPS) is 16.6. The molecule has 2 amide bonds. The Morgan fingerprint density at radius 3 is 2.57 bits per heavy atom. The maximum Gasteiger partial charge on any atom is 0.242 e. The Balaban J connectivity index is 2.53. The molecule has 0 aromatic carbocycles. The number of amides is 2. The van der Waals surface area contributed by atoms with Crippen molar-refractivity contribution >= 4 is 23.6 Å². The molecule has 0 saturated carbocycles. The largest absolute Gasteiger partial charge is 0.492 e. The highest BCUT2D eigenvalue weighted by atomic mass is 32.2. The van der Waals surface area contributed by atoms with Crippen LogP contribution in [0, 0.1) is 0 Å². The van der Waals surface area contributed by atoms with E-state index in [1.165, 1.54) is 11.0 Å². The van der Waals surface area contributed by atoms with Crippen LogP contribution >= 0.6 is 11.8 Å². The molecule has 2 N–H and O–H groups in total. The van der Waals surface area contributed by atoms with Gasteiger partial charge in [0.15, 0.2) is 0 Å². The van der Waals surface area contributed by atoms with Crippen LogP contribution in [0.5, 0.6) is 0 Å². The fourth-order valence-corrected chi connectivity index (χ4v) is 3.93. The van der Waals surface area contributed by atoms with Crippen molar-refractivity contribution in [3.05, 3.63) is 36.0 Å². The lowest BCUT2D eigenvalue weighted by atomic mass is 10.1. The van der Waals surface area contributed by atoms with E-state index in [1.807, 2.05) is 25.6 Å². The zero-order chi connectivity index (χ0) is 22.4. The first kappa shape index (κ1) is 26.3. The molecule has 0 spiro atoms. The van der Waals surface area contributed by atoms with E-state index in [0.29, 0.717) is 25.3 Å². The molecule has 7 heteroatoms. The number of nitrogens with one attached hydrogen (secondary N) is 2. The summed E-state index contributed by atoms with van der Waals surface area (Å²) >= 11 is 1.83. The molecule has 2 atom stereocenters. The number of carbonyl (C=O) groups is 2. The van der Waals surface area contributed by atoms with Gasteiger partial charge in [-0.15, -0.1) is 11.8 Å². The fraction of sp³-hybridized carbons (Fsp3) is 0.652. The quantitative estimate of drug-likeness (QED) is 0.233. The summed E-state index contributed by atoms with van der Waals surface area (Å²) in [5.74, 6) is 1.24. The van der Waals surface area contributed by atoms with Gasteiger partial charge in [0.05, 0.1) is 12.6 Å². The number of carbonyl (C=O) groups excluding carboxylic acids is 2. The van der Waals surface area contributed by atoms with Crippen molar-refractivity contribution in [2.75, 3.05) is 32.0 Å². The highest BCUT2D eigenvalue weighted by Gasteiger charge is 2.23. The van der Waals surface area contributed by atoms with Gasteiger partial charge in [0, 0.05) is 0 Å². The molecule has 2 unspecified atom stereocenters. The third kappa shape index (κ3) is 11.5. The lowest BCUT2D eigenvalue weighted by Crippen LogP contribution is -2.51. The first-order valence-corrected chi connectivity index (χ1v) is 11.9. The first-order chi connectivity index (χ1) is 14.3. The molecule has 1 saturated heterocycles. The Bertz CT molecular complexity index is 601. The van der Waals surface area contributed by atoms with Gasteiger partial charge in [-0.05, 0) is 76.3 Å². The van der Waals surface area contributed by atoms with Gasteiger partial charge >= 0.3 is 0 Å². The Hall–Kier alpha value is -1.73. The van der Waals surface area contributed by atoms with Gasteiger partial charge in [-0.3, -0.25) is 14.5 Å². The molecular weight excluding hydrogens is 398 g/mol. The van der Waals surface area contributed by atoms with E-state index >= 15 is 0 Å². The van der Waals surface area contributed by atoms with E-state index in [9.17, 15) is 9.59 Å². The molecule has 0 aromatic heterocycles. The molecule has 6 nitrogen and oxygen atoms in total. The third-order valence-corrected chi connectivity index (χ3v) is 6.16. The van der Waals surface area contributed by atoms with Gasteiger partial charge in [0.25, 0.3) is 0 Å². The Morgan fingerprint density at radius 1 is 1.23 bits per heavy atom. The van der Waals surface area contributed by atoms with Crippen molar-refractivity contribution in [3.63, 3.8) is 0 Å². The van der Waals surface area contributed by atoms with Crippen LogP contribution in [-0.4, -0.2) is 60.8 Å². The number of hydrogen-bond acceptors (Lipinski definition) is 5. The summed E-state index contributed by atoms with van der Waals surface area (Å²) in [5, 5.41) is 5.90. The van der Waals surface area contributed by atoms with E-state index in [0.717, 1.165) is 44.5 Å². The molecule has 170 valence electrons. The monoisotopic (exact) mass is 437 g/mol. The first-order valence-electron chi connectivity index (χ1n) is 10.9. The van der Waals surface area contributed by atoms with Crippen molar-refractivity contribution in [2.24, 2.45) is 0 Å². The molecule has 1 fully saturated rings. The number of likely N-dealkylation sites (tertiary alicyclic amines) is 1. The van der Waals surface area contributed by atoms with E-state index in [2.05, 4.69) is 41.7 Å². The van der Waals surface area contributed by atoms with E-state index in [1.54, 1.807) is 0 Å². The Morgan fingerprint density at radius 2 is 1.93 bits per heavy atom. The molecule has 0 aromatic rings. The zero-order valence-corrected chi connectivity index (χ0v) is 19.7. The van der Waals surface area contributed by atoms with Gasteiger partial charge in [-0.2, -0.15) is 0 Å². The number of allylic oxidation sites excluding steroid dienone is 3. The second-order valence-corrected chi connectivity index (χ2v) is 9.08. The lowest BCUT2D eigenvalue weighted by Gasteiger charge is -2.23. The molecule has 1 aliphatic heterocycles. The van der Waals surface area contributed by atoms with E-state index in [-0.39, 0.29) is 17.9 Å². The summed E-state index contributed by atoms with van der Waals surface area (Å²) in [4.78, 5) is 28.7. The number of thioether (sulfide) groups is 1. The number of hydrogen-bond donors (Lipinski definition) is 2. The molecule has 1 aliphatic rings. The average molecular weight is 438 g/mol. The van der Waals surface area contributed by atoms with Gasteiger partial charge in [-0.25, -0.2) is 0 Å². The van der Waals surface area contributed by atoms with Crippen LogP contribution in [0.15, 0.2) is 36.0 Å². The van der Waals surface area contributed by atoms with Crippen LogP contribution in [0.4, 0.5) is 0 Å².